The Kier molecular flexibility index (Phi) is 5.98. The monoisotopic (exact) mass is 336 g/mol. The normalized spacial score (nSPS) is 13.6. The molecule has 0 aliphatic heterocycles. The zero-order valence-corrected chi connectivity index (χ0v) is 13.1. The summed E-state index contributed by atoms with van der Waals surface area (Å²) in [6.07, 6.45) is -5.26. The number of halogens is 4. The summed E-state index contributed by atoms with van der Waals surface area (Å²) in [4.78, 5) is 11.5. The van der Waals surface area contributed by atoms with Gasteiger partial charge in [0.05, 0.1) is 5.56 Å². The first kappa shape index (κ1) is 19.2. The van der Waals surface area contributed by atoms with Gasteiger partial charge in [-0.05, 0) is 44.9 Å². The van der Waals surface area contributed by atoms with Gasteiger partial charge in [0, 0.05) is 12.6 Å². The van der Waals surface area contributed by atoms with Crippen molar-refractivity contribution in [1.29, 1.82) is 0 Å². The topological polar surface area (TPSA) is 64.3 Å². The Morgan fingerprint density at radius 3 is 2.39 bits per heavy atom. The molecule has 0 fully saturated rings. The van der Waals surface area contributed by atoms with Gasteiger partial charge in [0.15, 0.2) is 0 Å². The van der Waals surface area contributed by atoms with Crippen molar-refractivity contribution in [2.24, 2.45) is 5.73 Å². The quantitative estimate of drug-likeness (QED) is 0.830. The molecule has 1 aromatic rings. The highest BCUT2D eigenvalue weighted by molar-refractivity contribution is 5.67. The Labute approximate surface area is 132 Å². The Morgan fingerprint density at radius 2 is 1.91 bits per heavy atom. The molecular weight excluding hydrogens is 316 g/mol. The van der Waals surface area contributed by atoms with Gasteiger partial charge in [-0.2, -0.15) is 13.2 Å². The van der Waals surface area contributed by atoms with Crippen LogP contribution in [0.3, 0.4) is 0 Å². The van der Waals surface area contributed by atoms with Crippen LogP contribution in [0.15, 0.2) is 18.2 Å². The molecule has 1 amide bonds. The van der Waals surface area contributed by atoms with E-state index in [0.29, 0.717) is 11.6 Å². The van der Waals surface area contributed by atoms with E-state index in [2.05, 4.69) is 5.32 Å². The van der Waals surface area contributed by atoms with Gasteiger partial charge in [0.2, 0.25) is 0 Å². The minimum Gasteiger partial charge on any atom is -0.444 e. The lowest BCUT2D eigenvalue weighted by Gasteiger charge is -2.21. The first-order valence-corrected chi connectivity index (χ1v) is 6.96. The number of nitrogens with two attached hydrogens (primary N) is 1. The number of amides is 1. The molecule has 0 bridgehead atoms. The standard InChI is InChI=1S/C15H20F4N2O2/c1-14(2,3)23-13(22)21-8-10(20)6-9-4-5-11(12(16)7-9)15(17,18)19/h4-5,7,10H,6,8,20H2,1-3H3,(H,21,22). The predicted octanol–water partition coefficient (Wildman–Crippen LogP) is 3.24. The second-order valence-corrected chi connectivity index (χ2v) is 6.16. The summed E-state index contributed by atoms with van der Waals surface area (Å²) in [6, 6.07) is 2.06. The molecule has 0 radical (unpaired) electrons. The van der Waals surface area contributed by atoms with Crippen LogP contribution in [-0.4, -0.2) is 24.3 Å². The van der Waals surface area contributed by atoms with Gasteiger partial charge in [-0.3, -0.25) is 0 Å². The van der Waals surface area contributed by atoms with Crippen LogP contribution in [-0.2, 0) is 17.3 Å². The summed E-state index contributed by atoms with van der Waals surface area (Å²) < 4.78 is 55.9. The van der Waals surface area contributed by atoms with Crippen LogP contribution in [0.4, 0.5) is 22.4 Å². The third kappa shape index (κ3) is 6.85. The average Bonchev–Trinajstić information content (AvgIpc) is 2.32. The number of carbonyl (C=O) groups is 1. The molecule has 0 spiro atoms. The molecule has 0 aliphatic carbocycles. The molecule has 8 heteroatoms. The first-order chi connectivity index (χ1) is 10.4. The second kappa shape index (κ2) is 7.16. The third-order valence-electron chi connectivity index (χ3n) is 2.74. The van der Waals surface area contributed by atoms with Crippen LogP contribution in [0.1, 0.15) is 31.9 Å². The molecule has 1 atom stereocenters. The lowest BCUT2D eigenvalue weighted by atomic mass is 10.0. The van der Waals surface area contributed by atoms with Crippen LogP contribution in [0, 0.1) is 5.82 Å². The fourth-order valence-electron chi connectivity index (χ4n) is 1.82. The number of alkyl halides is 3. The van der Waals surface area contributed by atoms with E-state index < -0.39 is 35.3 Å². The first-order valence-electron chi connectivity index (χ1n) is 6.96. The number of hydrogen-bond donors (Lipinski definition) is 2. The van der Waals surface area contributed by atoms with E-state index in [1.165, 1.54) is 6.07 Å². The molecule has 3 N–H and O–H groups in total. The smallest absolute Gasteiger partial charge is 0.419 e. The molecule has 1 aromatic carbocycles. The molecule has 23 heavy (non-hydrogen) atoms. The Hall–Kier alpha value is -1.83. The Balaban J connectivity index is 2.57. The maximum Gasteiger partial charge on any atom is 0.419 e. The summed E-state index contributed by atoms with van der Waals surface area (Å²) in [5.74, 6) is -1.35. The fraction of sp³-hybridized carbons (Fsp3) is 0.533. The fourth-order valence-corrected chi connectivity index (χ4v) is 1.82. The number of ether oxygens (including phenoxy) is 1. The van der Waals surface area contributed by atoms with Crippen molar-refractivity contribution in [2.75, 3.05) is 6.54 Å². The highest BCUT2D eigenvalue weighted by Crippen LogP contribution is 2.31. The van der Waals surface area contributed by atoms with Crippen molar-refractivity contribution < 1.29 is 27.1 Å². The summed E-state index contributed by atoms with van der Waals surface area (Å²) in [5, 5.41) is 2.45. The molecule has 0 heterocycles. The third-order valence-corrected chi connectivity index (χ3v) is 2.74. The van der Waals surface area contributed by atoms with Crippen molar-refractivity contribution in [3.05, 3.63) is 35.1 Å². The molecule has 0 saturated carbocycles. The van der Waals surface area contributed by atoms with E-state index in [9.17, 15) is 22.4 Å². The molecule has 130 valence electrons. The van der Waals surface area contributed by atoms with Crippen LogP contribution >= 0.6 is 0 Å². The highest BCUT2D eigenvalue weighted by atomic mass is 19.4. The van der Waals surface area contributed by atoms with Crippen LogP contribution < -0.4 is 11.1 Å². The average molecular weight is 336 g/mol. The molecule has 4 nitrogen and oxygen atoms in total. The van der Waals surface area contributed by atoms with Crippen LogP contribution in [0.25, 0.3) is 0 Å². The molecular formula is C15H20F4N2O2. The van der Waals surface area contributed by atoms with Crippen molar-refractivity contribution >= 4 is 6.09 Å². The Bertz CT molecular complexity index is 553. The van der Waals surface area contributed by atoms with Gasteiger partial charge in [-0.25, -0.2) is 9.18 Å². The zero-order valence-electron chi connectivity index (χ0n) is 13.1. The van der Waals surface area contributed by atoms with E-state index in [-0.39, 0.29) is 13.0 Å². The van der Waals surface area contributed by atoms with Crippen molar-refractivity contribution in [3.63, 3.8) is 0 Å². The Morgan fingerprint density at radius 1 is 1.30 bits per heavy atom. The van der Waals surface area contributed by atoms with Gasteiger partial charge < -0.3 is 15.8 Å². The van der Waals surface area contributed by atoms with Crippen molar-refractivity contribution in [2.45, 2.75) is 45.0 Å². The summed E-state index contributed by atoms with van der Waals surface area (Å²) in [6.45, 7) is 5.17. The minimum absolute atomic E-state index is 0.0531. The maximum atomic E-state index is 13.4. The van der Waals surface area contributed by atoms with Gasteiger partial charge in [-0.15, -0.1) is 0 Å². The lowest BCUT2D eigenvalue weighted by Crippen LogP contribution is -2.41. The molecule has 0 aliphatic rings. The maximum absolute atomic E-state index is 13.4. The number of alkyl carbamates (subject to hydrolysis) is 1. The molecule has 0 saturated heterocycles. The van der Waals surface area contributed by atoms with Gasteiger partial charge in [0.1, 0.15) is 11.4 Å². The van der Waals surface area contributed by atoms with E-state index in [4.69, 9.17) is 10.5 Å². The van der Waals surface area contributed by atoms with E-state index in [1.54, 1.807) is 20.8 Å². The van der Waals surface area contributed by atoms with Gasteiger partial charge in [-0.1, -0.05) is 6.07 Å². The largest absolute Gasteiger partial charge is 0.444 e. The van der Waals surface area contributed by atoms with E-state index in [0.717, 1.165) is 6.07 Å². The number of benzene rings is 1. The summed E-state index contributed by atoms with van der Waals surface area (Å²) in [5.41, 5.74) is 4.12. The van der Waals surface area contributed by atoms with Crippen molar-refractivity contribution in [3.8, 4) is 0 Å². The number of hydrogen-bond acceptors (Lipinski definition) is 3. The highest BCUT2D eigenvalue weighted by Gasteiger charge is 2.33. The SMILES string of the molecule is CC(C)(C)OC(=O)NCC(N)Cc1ccc(C(F)(F)F)c(F)c1. The van der Waals surface area contributed by atoms with E-state index in [1.807, 2.05) is 0 Å². The number of rotatable bonds is 4. The lowest BCUT2D eigenvalue weighted by molar-refractivity contribution is -0.140. The van der Waals surface area contributed by atoms with Crippen LogP contribution in [0.2, 0.25) is 0 Å². The summed E-state index contributed by atoms with van der Waals surface area (Å²) in [7, 11) is 0. The zero-order chi connectivity index (χ0) is 17.8. The predicted molar refractivity (Wildman–Crippen MR) is 77.3 cm³/mol. The molecule has 0 aromatic heterocycles. The number of nitrogens with one attached hydrogen (secondary N) is 1. The number of carbonyl (C=O) groups excluding carboxylic acids is 1. The second-order valence-electron chi connectivity index (χ2n) is 6.16. The van der Waals surface area contributed by atoms with Gasteiger partial charge >= 0.3 is 12.3 Å². The summed E-state index contributed by atoms with van der Waals surface area (Å²) >= 11 is 0. The minimum atomic E-state index is -4.73. The van der Waals surface area contributed by atoms with Crippen LogP contribution in [0.5, 0.6) is 0 Å². The van der Waals surface area contributed by atoms with Gasteiger partial charge in [0.25, 0.3) is 0 Å². The molecule has 1 unspecified atom stereocenters. The van der Waals surface area contributed by atoms with E-state index >= 15 is 0 Å². The molecule has 1 rings (SSSR count). The van der Waals surface area contributed by atoms with Crippen molar-refractivity contribution in [1.82, 2.24) is 5.32 Å².